The average molecular weight is 268 g/mol. The van der Waals surface area contributed by atoms with E-state index in [1.54, 1.807) is 6.92 Å². The van der Waals surface area contributed by atoms with Crippen molar-refractivity contribution in [2.24, 2.45) is 0 Å². The fourth-order valence-corrected chi connectivity index (χ4v) is 1.79. The molecular formula is C7H10Cl4O2. The topological polar surface area (TPSA) is 26.3 Å². The van der Waals surface area contributed by atoms with Crippen LogP contribution in [-0.4, -0.2) is 28.2 Å². The van der Waals surface area contributed by atoms with Crippen LogP contribution in [0.3, 0.4) is 0 Å². The summed E-state index contributed by atoms with van der Waals surface area (Å²) < 4.78 is 3.41. The molecule has 0 aliphatic rings. The van der Waals surface area contributed by atoms with E-state index in [1.807, 2.05) is 0 Å². The van der Waals surface area contributed by atoms with Crippen molar-refractivity contribution in [2.75, 3.05) is 7.11 Å². The molecule has 0 aliphatic carbocycles. The standard InChI is InChI=1S/C7H10Cl4O2/c1-7(10,11)3-4(8)5(9)6(12)13-2/h4-5H,3H2,1-2H3. The van der Waals surface area contributed by atoms with Gasteiger partial charge in [-0.1, -0.05) is 0 Å². The fourth-order valence-electron chi connectivity index (χ4n) is 0.706. The number of halogens is 4. The van der Waals surface area contributed by atoms with Crippen molar-refractivity contribution in [1.82, 2.24) is 0 Å². The lowest BCUT2D eigenvalue weighted by Crippen LogP contribution is -2.30. The van der Waals surface area contributed by atoms with Crippen LogP contribution in [0.1, 0.15) is 13.3 Å². The highest BCUT2D eigenvalue weighted by atomic mass is 35.5. The summed E-state index contributed by atoms with van der Waals surface area (Å²) >= 11 is 22.8. The molecule has 2 nitrogen and oxygen atoms in total. The highest BCUT2D eigenvalue weighted by Gasteiger charge is 2.31. The predicted molar refractivity (Wildman–Crippen MR) is 56.0 cm³/mol. The van der Waals surface area contributed by atoms with E-state index in [2.05, 4.69) is 4.74 Å². The van der Waals surface area contributed by atoms with Crippen LogP contribution in [0.25, 0.3) is 0 Å². The van der Waals surface area contributed by atoms with E-state index in [4.69, 9.17) is 46.4 Å². The van der Waals surface area contributed by atoms with Gasteiger partial charge in [0.2, 0.25) is 0 Å². The van der Waals surface area contributed by atoms with Crippen LogP contribution in [0.2, 0.25) is 0 Å². The second kappa shape index (κ2) is 5.50. The molecule has 2 unspecified atom stereocenters. The molecule has 0 aromatic heterocycles. The molecule has 0 rings (SSSR count). The lowest BCUT2D eigenvalue weighted by molar-refractivity contribution is -0.140. The second-order valence-electron chi connectivity index (χ2n) is 2.72. The van der Waals surface area contributed by atoms with Gasteiger partial charge in [0, 0.05) is 0 Å². The monoisotopic (exact) mass is 266 g/mol. The summed E-state index contributed by atoms with van der Waals surface area (Å²) in [6.45, 7) is 1.58. The van der Waals surface area contributed by atoms with Crippen molar-refractivity contribution in [3.05, 3.63) is 0 Å². The lowest BCUT2D eigenvalue weighted by Gasteiger charge is -2.19. The molecule has 2 atom stereocenters. The molecule has 0 aromatic rings. The Morgan fingerprint density at radius 3 is 2.23 bits per heavy atom. The minimum absolute atomic E-state index is 0.209. The molecule has 0 N–H and O–H groups in total. The Labute approximate surface area is 97.4 Å². The van der Waals surface area contributed by atoms with Crippen LogP contribution in [0.5, 0.6) is 0 Å². The molecule has 0 spiro atoms. The first kappa shape index (κ1) is 13.6. The van der Waals surface area contributed by atoms with Crippen LogP contribution in [-0.2, 0) is 9.53 Å². The Kier molecular flexibility index (Phi) is 5.76. The van der Waals surface area contributed by atoms with Gasteiger partial charge >= 0.3 is 5.97 Å². The number of carbonyl (C=O) groups excluding carboxylic acids is 1. The maximum atomic E-state index is 10.9. The largest absolute Gasteiger partial charge is 0.468 e. The van der Waals surface area contributed by atoms with Crippen molar-refractivity contribution in [3.63, 3.8) is 0 Å². The molecule has 0 aliphatic heterocycles. The van der Waals surface area contributed by atoms with Gasteiger partial charge in [0.25, 0.3) is 0 Å². The average Bonchev–Trinajstić information content (AvgIpc) is 1.98. The van der Waals surface area contributed by atoms with E-state index in [0.717, 1.165) is 0 Å². The first-order valence-electron chi connectivity index (χ1n) is 3.51. The van der Waals surface area contributed by atoms with E-state index in [0.29, 0.717) is 0 Å². The van der Waals surface area contributed by atoms with Gasteiger partial charge in [-0.2, -0.15) is 0 Å². The molecule has 6 heteroatoms. The number of hydrogen-bond donors (Lipinski definition) is 0. The number of methoxy groups -OCH3 is 1. The van der Waals surface area contributed by atoms with Gasteiger partial charge in [0.15, 0.2) is 0 Å². The predicted octanol–water partition coefficient (Wildman–Crippen LogP) is 2.96. The first-order chi connectivity index (χ1) is 5.78. The van der Waals surface area contributed by atoms with Crippen molar-refractivity contribution in [1.29, 1.82) is 0 Å². The second-order valence-corrected chi connectivity index (χ2v) is 5.61. The summed E-state index contributed by atoms with van der Waals surface area (Å²) in [4.78, 5) is 10.9. The van der Waals surface area contributed by atoms with Crippen LogP contribution in [0, 0.1) is 0 Å². The number of hydrogen-bond acceptors (Lipinski definition) is 2. The SMILES string of the molecule is COC(=O)C(Cl)C(Cl)CC(C)(Cl)Cl. The number of alkyl halides is 4. The third-order valence-electron chi connectivity index (χ3n) is 1.30. The van der Waals surface area contributed by atoms with E-state index in [1.165, 1.54) is 7.11 Å². The van der Waals surface area contributed by atoms with Gasteiger partial charge < -0.3 is 4.74 Å². The van der Waals surface area contributed by atoms with Crippen LogP contribution < -0.4 is 0 Å². The lowest BCUT2D eigenvalue weighted by atomic mass is 10.2. The van der Waals surface area contributed by atoms with Gasteiger partial charge in [-0.3, -0.25) is 4.79 Å². The van der Waals surface area contributed by atoms with Crippen LogP contribution in [0.4, 0.5) is 0 Å². The number of carbonyl (C=O) groups is 1. The highest BCUT2D eigenvalue weighted by Crippen LogP contribution is 2.30. The summed E-state index contributed by atoms with van der Waals surface area (Å²) in [5.41, 5.74) is 0. The zero-order chi connectivity index (χ0) is 10.6. The number of esters is 1. The summed E-state index contributed by atoms with van der Waals surface area (Å²) in [5, 5.41) is -1.57. The zero-order valence-corrected chi connectivity index (χ0v) is 10.2. The first-order valence-corrected chi connectivity index (χ1v) is 5.14. The zero-order valence-electron chi connectivity index (χ0n) is 7.19. The number of ether oxygens (including phenoxy) is 1. The van der Waals surface area contributed by atoms with Crippen molar-refractivity contribution >= 4 is 52.4 Å². The Bertz CT molecular complexity index is 178. The van der Waals surface area contributed by atoms with E-state index < -0.39 is 21.1 Å². The van der Waals surface area contributed by atoms with Crippen LogP contribution >= 0.6 is 46.4 Å². The molecule has 0 amide bonds. The van der Waals surface area contributed by atoms with Gasteiger partial charge in [0.05, 0.1) is 12.5 Å². The maximum absolute atomic E-state index is 10.9. The molecule has 0 heterocycles. The van der Waals surface area contributed by atoms with Gasteiger partial charge in [-0.25, -0.2) is 0 Å². The normalized spacial score (nSPS) is 16.5. The van der Waals surface area contributed by atoms with Crippen molar-refractivity contribution in [2.45, 2.75) is 28.4 Å². The minimum atomic E-state index is -0.992. The Morgan fingerprint density at radius 2 is 1.92 bits per heavy atom. The molecule has 0 bridgehead atoms. The fraction of sp³-hybridized carbons (Fsp3) is 0.857. The Morgan fingerprint density at radius 1 is 1.46 bits per heavy atom. The highest BCUT2D eigenvalue weighted by molar-refractivity contribution is 6.48. The summed E-state index contributed by atoms with van der Waals surface area (Å²) in [5.74, 6) is -0.584. The minimum Gasteiger partial charge on any atom is -0.468 e. The maximum Gasteiger partial charge on any atom is 0.325 e. The summed E-state index contributed by atoms with van der Waals surface area (Å²) in [7, 11) is 1.24. The molecule has 0 aromatic carbocycles. The van der Waals surface area contributed by atoms with Crippen LogP contribution in [0.15, 0.2) is 0 Å². The summed E-state index contributed by atoms with van der Waals surface area (Å²) in [6, 6.07) is 0. The van der Waals surface area contributed by atoms with Crippen molar-refractivity contribution in [3.8, 4) is 0 Å². The number of rotatable bonds is 4. The third kappa shape index (κ3) is 5.84. The molecule has 0 fully saturated rings. The van der Waals surface area contributed by atoms with E-state index in [9.17, 15) is 4.79 Å². The Hall–Kier alpha value is 0.630. The molecule has 78 valence electrons. The van der Waals surface area contributed by atoms with Crippen molar-refractivity contribution < 1.29 is 9.53 Å². The van der Waals surface area contributed by atoms with E-state index >= 15 is 0 Å². The molecule has 0 saturated carbocycles. The molecule has 0 saturated heterocycles. The smallest absolute Gasteiger partial charge is 0.325 e. The molecule has 0 radical (unpaired) electrons. The quantitative estimate of drug-likeness (QED) is 0.578. The molecular weight excluding hydrogens is 258 g/mol. The van der Waals surface area contributed by atoms with Gasteiger partial charge in [0.1, 0.15) is 9.71 Å². The summed E-state index contributed by atoms with van der Waals surface area (Å²) in [6.07, 6.45) is 0.209. The van der Waals surface area contributed by atoms with Gasteiger partial charge in [-0.05, 0) is 13.3 Å². The Balaban J connectivity index is 4.11. The third-order valence-corrected chi connectivity index (χ3v) is 2.62. The molecule has 13 heavy (non-hydrogen) atoms. The van der Waals surface area contributed by atoms with Gasteiger partial charge in [-0.15, -0.1) is 46.4 Å². The van der Waals surface area contributed by atoms with E-state index in [-0.39, 0.29) is 6.42 Å².